The van der Waals surface area contributed by atoms with E-state index in [4.69, 9.17) is 10.5 Å². The lowest BCUT2D eigenvalue weighted by atomic mass is 10.2. The summed E-state index contributed by atoms with van der Waals surface area (Å²) < 4.78 is 19.3. The maximum atomic E-state index is 13.7. The highest BCUT2D eigenvalue weighted by atomic mass is 19.1. The lowest BCUT2D eigenvalue weighted by Crippen LogP contribution is -1.95. The fourth-order valence-electron chi connectivity index (χ4n) is 2.01. The predicted molar refractivity (Wildman–Crippen MR) is 77.4 cm³/mol. The van der Waals surface area contributed by atoms with Crippen LogP contribution >= 0.6 is 0 Å². The van der Waals surface area contributed by atoms with Crippen LogP contribution in [0.2, 0.25) is 0 Å². The van der Waals surface area contributed by atoms with E-state index >= 15 is 0 Å². The highest BCUT2D eigenvalue weighted by Crippen LogP contribution is 2.28. The summed E-state index contributed by atoms with van der Waals surface area (Å²) in [6.07, 6.45) is 0. The summed E-state index contributed by atoms with van der Waals surface area (Å²) in [5.74, 6) is 0.0109. The van der Waals surface area contributed by atoms with E-state index in [-0.39, 0.29) is 5.75 Å². The van der Waals surface area contributed by atoms with E-state index in [9.17, 15) is 4.39 Å². The first kappa shape index (κ1) is 12.4. The molecule has 0 unspecified atom stereocenters. The van der Waals surface area contributed by atoms with Crippen LogP contribution in [-0.4, -0.2) is 4.98 Å². The molecule has 0 radical (unpaired) electrons. The van der Waals surface area contributed by atoms with Crippen molar-refractivity contribution in [3.05, 3.63) is 59.9 Å². The molecule has 1 aromatic heterocycles. The molecule has 1 heterocycles. The Hall–Kier alpha value is -2.62. The Balaban J connectivity index is 2.03. The fraction of sp³-hybridized carbons (Fsp3) is 0.0625. The predicted octanol–water partition coefficient (Wildman–Crippen LogP) is 4.06. The van der Waals surface area contributed by atoms with E-state index in [0.29, 0.717) is 11.6 Å². The monoisotopic (exact) mass is 268 g/mol. The van der Waals surface area contributed by atoms with E-state index in [1.165, 1.54) is 12.1 Å². The highest BCUT2D eigenvalue weighted by molar-refractivity contribution is 5.80. The third-order valence-corrected chi connectivity index (χ3v) is 3.03. The third-order valence-electron chi connectivity index (χ3n) is 3.03. The molecule has 0 spiro atoms. The number of aryl methyl sites for hydroxylation is 1. The van der Waals surface area contributed by atoms with Gasteiger partial charge in [-0.3, -0.25) is 0 Å². The second-order valence-electron chi connectivity index (χ2n) is 4.60. The van der Waals surface area contributed by atoms with E-state index in [1.54, 1.807) is 6.07 Å². The Kier molecular flexibility index (Phi) is 2.99. The number of hydrogen-bond donors (Lipinski definition) is 1. The molecule has 0 atom stereocenters. The van der Waals surface area contributed by atoms with Gasteiger partial charge in [-0.2, -0.15) is 0 Å². The van der Waals surface area contributed by atoms with Crippen molar-refractivity contribution in [3.8, 4) is 11.6 Å². The molecule has 0 bridgehead atoms. The molecule has 0 aliphatic carbocycles. The molecule has 3 nitrogen and oxygen atoms in total. The molecule has 20 heavy (non-hydrogen) atoms. The lowest BCUT2D eigenvalue weighted by Gasteiger charge is -2.10. The number of fused-ring (bicyclic) bond motifs is 1. The highest BCUT2D eigenvalue weighted by Gasteiger charge is 2.09. The summed E-state index contributed by atoms with van der Waals surface area (Å²) >= 11 is 0. The van der Waals surface area contributed by atoms with Crippen molar-refractivity contribution in [1.82, 2.24) is 4.98 Å². The van der Waals surface area contributed by atoms with Gasteiger partial charge in [0.1, 0.15) is 0 Å². The molecule has 3 rings (SSSR count). The van der Waals surface area contributed by atoms with Gasteiger partial charge in [-0.1, -0.05) is 18.2 Å². The second kappa shape index (κ2) is 4.81. The lowest BCUT2D eigenvalue weighted by molar-refractivity contribution is 0.426. The molecule has 0 amide bonds. The molecule has 0 aliphatic rings. The zero-order valence-corrected chi connectivity index (χ0v) is 10.9. The Bertz CT molecular complexity index is 787. The number of pyridine rings is 1. The van der Waals surface area contributed by atoms with Crippen molar-refractivity contribution in [2.45, 2.75) is 6.92 Å². The number of aromatic nitrogens is 1. The minimum absolute atomic E-state index is 0.116. The molecule has 0 aliphatic heterocycles. The average molecular weight is 268 g/mol. The van der Waals surface area contributed by atoms with Crippen LogP contribution < -0.4 is 10.5 Å². The molecule has 0 saturated heterocycles. The van der Waals surface area contributed by atoms with Crippen molar-refractivity contribution in [3.63, 3.8) is 0 Å². The SMILES string of the molecule is Cc1cc2ccccc2nc1Oc1ccc(N)cc1F. The first-order chi connectivity index (χ1) is 9.63. The molecule has 4 heteroatoms. The quantitative estimate of drug-likeness (QED) is 0.713. The number of nitrogens with two attached hydrogens (primary N) is 1. The van der Waals surface area contributed by atoms with Crippen molar-refractivity contribution >= 4 is 16.6 Å². The normalized spacial score (nSPS) is 10.7. The number of nitrogen functional groups attached to an aromatic ring is 1. The van der Waals surface area contributed by atoms with Gasteiger partial charge in [0.15, 0.2) is 11.6 Å². The molecule has 3 aromatic rings. The van der Waals surface area contributed by atoms with Crippen LogP contribution in [0.5, 0.6) is 11.6 Å². The van der Waals surface area contributed by atoms with Crippen LogP contribution in [0.3, 0.4) is 0 Å². The van der Waals surface area contributed by atoms with Gasteiger partial charge in [0.05, 0.1) is 5.52 Å². The minimum Gasteiger partial charge on any atom is -0.436 e. The number of anilines is 1. The van der Waals surface area contributed by atoms with Crippen molar-refractivity contribution in [2.24, 2.45) is 0 Å². The molecule has 100 valence electrons. The van der Waals surface area contributed by atoms with Gasteiger partial charge in [-0.05, 0) is 31.2 Å². The number of rotatable bonds is 2. The topological polar surface area (TPSA) is 48.1 Å². The third kappa shape index (κ3) is 2.28. The van der Waals surface area contributed by atoms with Crippen LogP contribution in [0.15, 0.2) is 48.5 Å². The molecule has 0 fully saturated rings. The van der Waals surface area contributed by atoms with Crippen LogP contribution in [-0.2, 0) is 0 Å². The smallest absolute Gasteiger partial charge is 0.222 e. The van der Waals surface area contributed by atoms with Crippen molar-refractivity contribution < 1.29 is 9.13 Å². The van der Waals surface area contributed by atoms with Crippen molar-refractivity contribution in [2.75, 3.05) is 5.73 Å². The maximum absolute atomic E-state index is 13.7. The number of para-hydroxylation sites is 1. The average Bonchev–Trinajstić information content (AvgIpc) is 2.42. The molecular weight excluding hydrogens is 255 g/mol. The summed E-state index contributed by atoms with van der Waals surface area (Å²) in [6, 6.07) is 14.0. The number of nitrogens with zero attached hydrogens (tertiary/aromatic N) is 1. The summed E-state index contributed by atoms with van der Waals surface area (Å²) in [6.45, 7) is 1.88. The summed E-state index contributed by atoms with van der Waals surface area (Å²) in [5.41, 5.74) is 7.53. The van der Waals surface area contributed by atoms with Gasteiger partial charge >= 0.3 is 0 Å². The first-order valence-corrected chi connectivity index (χ1v) is 6.23. The van der Waals surface area contributed by atoms with Crippen LogP contribution in [0, 0.1) is 12.7 Å². The minimum atomic E-state index is -0.501. The number of ether oxygens (including phenoxy) is 1. The second-order valence-corrected chi connectivity index (χ2v) is 4.60. The fourth-order valence-corrected chi connectivity index (χ4v) is 2.01. The maximum Gasteiger partial charge on any atom is 0.222 e. The molecule has 2 aromatic carbocycles. The van der Waals surface area contributed by atoms with Crippen molar-refractivity contribution in [1.29, 1.82) is 0 Å². The van der Waals surface area contributed by atoms with Gasteiger partial charge in [0.2, 0.25) is 5.88 Å². The van der Waals surface area contributed by atoms with E-state index in [0.717, 1.165) is 16.5 Å². The molecular formula is C16H13FN2O. The van der Waals surface area contributed by atoms with E-state index < -0.39 is 5.82 Å². The number of benzene rings is 2. The summed E-state index contributed by atoms with van der Waals surface area (Å²) in [4.78, 5) is 4.41. The number of hydrogen-bond acceptors (Lipinski definition) is 3. The Labute approximate surface area is 115 Å². The van der Waals surface area contributed by atoms with Crippen LogP contribution in [0.1, 0.15) is 5.56 Å². The zero-order chi connectivity index (χ0) is 14.1. The van der Waals surface area contributed by atoms with Gasteiger partial charge < -0.3 is 10.5 Å². The number of halogens is 1. The Morgan fingerprint density at radius 1 is 1.10 bits per heavy atom. The molecule has 0 saturated carbocycles. The van der Waals surface area contributed by atoms with Gasteiger partial charge in [-0.25, -0.2) is 9.37 Å². The first-order valence-electron chi connectivity index (χ1n) is 6.23. The van der Waals surface area contributed by atoms with Gasteiger partial charge in [0, 0.05) is 22.7 Å². The van der Waals surface area contributed by atoms with Gasteiger partial charge in [-0.15, -0.1) is 0 Å². The summed E-state index contributed by atoms with van der Waals surface area (Å²) in [5, 5.41) is 1.02. The molecule has 2 N–H and O–H groups in total. The van der Waals surface area contributed by atoms with Gasteiger partial charge in [0.25, 0.3) is 0 Å². The van der Waals surface area contributed by atoms with E-state index in [2.05, 4.69) is 4.98 Å². The zero-order valence-electron chi connectivity index (χ0n) is 10.9. The largest absolute Gasteiger partial charge is 0.436 e. The standard InChI is InChI=1S/C16H13FN2O/c1-10-8-11-4-2-3-5-14(11)19-16(10)20-15-7-6-12(18)9-13(15)17/h2-9H,18H2,1H3. The van der Waals surface area contributed by atoms with Crippen LogP contribution in [0.25, 0.3) is 10.9 Å². The summed E-state index contributed by atoms with van der Waals surface area (Å²) in [7, 11) is 0. The Morgan fingerprint density at radius 2 is 1.90 bits per heavy atom. The van der Waals surface area contributed by atoms with E-state index in [1.807, 2.05) is 37.3 Å². The Morgan fingerprint density at radius 3 is 2.70 bits per heavy atom. The van der Waals surface area contributed by atoms with Crippen LogP contribution in [0.4, 0.5) is 10.1 Å².